The molecule has 0 aromatic carbocycles. The number of hydrogen-bond acceptors (Lipinski definition) is 4. The molecule has 0 heterocycles. The molecule has 0 bridgehead atoms. The number of allylic oxidation sites excluding steroid dienone is 4. The second kappa shape index (κ2) is 6.88. The normalized spacial score (nSPS) is 44.9. The number of carbonyl (C=O) groups excluding carboxylic acids is 2. The molecule has 2 saturated carbocycles. The van der Waals surface area contributed by atoms with E-state index in [0.29, 0.717) is 18.3 Å². The van der Waals surface area contributed by atoms with Gasteiger partial charge in [-0.15, -0.1) is 0 Å². The minimum atomic E-state index is -0.918. The summed E-state index contributed by atoms with van der Waals surface area (Å²) in [7, 11) is 0. The Kier molecular flexibility index (Phi) is 4.98. The van der Waals surface area contributed by atoms with E-state index in [9.17, 15) is 14.7 Å². The maximum absolute atomic E-state index is 13.3. The van der Waals surface area contributed by atoms with Crippen molar-refractivity contribution in [2.24, 2.45) is 34.0 Å². The van der Waals surface area contributed by atoms with E-state index in [1.54, 1.807) is 6.92 Å². The van der Waals surface area contributed by atoms with Crippen molar-refractivity contribution < 1.29 is 19.4 Å². The van der Waals surface area contributed by atoms with Crippen molar-refractivity contribution in [1.82, 2.24) is 0 Å². The monoisotopic (exact) mass is 400 g/mol. The molecular formula is C25H36O4. The van der Waals surface area contributed by atoms with Crippen molar-refractivity contribution >= 4 is 11.6 Å². The Morgan fingerprint density at radius 3 is 2.72 bits per heavy atom. The van der Waals surface area contributed by atoms with Crippen molar-refractivity contribution in [2.45, 2.75) is 79.4 Å². The molecule has 7 atom stereocenters. The lowest BCUT2D eigenvalue weighted by Crippen LogP contribution is -2.51. The Labute approximate surface area is 174 Å². The smallest absolute Gasteiger partial charge is 0.165 e. The van der Waals surface area contributed by atoms with Gasteiger partial charge in [-0.05, 0) is 68.3 Å². The lowest BCUT2D eigenvalue weighted by atomic mass is 9.48. The summed E-state index contributed by atoms with van der Waals surface area (Å²) in [6, 6.07) is 0. The topological polar surface area (TPSA) is 63.6 Å². The van der Waals surface area contributed by atoms with Crippen LogP contribution >= 0.6 is 0 Å². The highest BCUT2D eigenvalue weighted by Gasteiger charge is 2.65. The fourth-order valence-electron chi connectivity index (χ4n) is 7.37. The number of carbonyl (C=O) groups is 2. The first-order valence-corrected chi connectivity index (χ1v) is 11.3. The Morgan fingerprint density at radius 1 is 1.31 bits per heavy atom. The highest BCUT2D eigenvalue weighted by molar-refractivity contribution is 5.92. The number of rotatable bonds is 4. The van der Waals surface area contributed by atoms with E-state index >= 15 is 0 Å². The zero-order chi connectivity index (χ0) is 21.2. The van der Waals surface area contributed by atoms with Gasteiger partial charge >= 0.3 is 0 Å². The van der Waals surface area contributed by atoms with E-state index < -0.39 is 11.7 Å². The lowest BCUT2D eigenvalue weighted by Gasteiger charge is -2.55. The molecule has 0 aliphatic heterocycles. The SMILES string of the molecule is CC(O)OCC(=O)[C@@]1(C)[C@H](C)CC2C3CCC4=CC(=O)CC[C@]4(C)C3=CC[C@@]21C. The average Bonchev–Trinajstić information content (AvgIpc) is 2.88. The van der Waals surface area contributed by atoms with E-state index in [1.807, 2.05) is 6.08 Å². The fourth-order valence-corrected chi connectivity index (χ4v) is 7.37. The molecule has 4 aliphatic carbocycles. The van der Waals surface area contributed by atoms with Crippen LogP contribution in [0.4, 0.5) is 0 Å². The van der Waals surface area contributed by atoms with Crippen molar-refractivity contribution in [3.05, 3.63) is 23.3 Å². The molecular weight excluding hydrogens is 364 g/mol. The first-order chi connectivity index (χ1) is 13.5. The molecule has 0 aromatic heterocycles. The van der Waals surface area contributed by atoms with Crippen LogP contribution in [0.3, 0.4) is 0 Å². The van der Waals surface area contributed by atoms with E-state index in [1.165, 1.54) is 11.1 Å². The van der Waals surface area contributed by atoms with Crippen LogP contribution in [0.25, 0.3) is 0 Å². The number of fused-ring (bicyclic) bond motifs is 5. The molecule has 2 fully saturated rings. The predicted molar refractivity (Wildman–Crippen MR) is 112 cm³/mol. The summed E-state index contributed by atoms with van der Waals surface area (Å²) in [6.07, 6.45) is 9.06. The predicted octanol–water partition coefficient (Wildman–Crippen LogP) is 4.61. The van der Waals surface area contributed by atoms with Gasteiger partial charge in [0, 0.05) is 17.3 Å². The molecule has 4 rings (SSSR count). The van der Waals surface area contributed by atoms with Crippen molar-refractivity contribution in [3.8, 4) is 0 Å². The first kappa shape index (κ1) is 21.0. The Bertz CT molecular complexity index is 793. The van der Waals surface area contributed by atoms with Crippen LogP contribution in [0.5, 0.6) is 0 Å². The zero-order valence-electron chi connectivity index (χ0n) is 18.6. The van der Waals surface area contributed by atoms with Gasteiger partial charge in [-0.2, -0.15) is 0 Å². The summed E-state index contributed by atoms with van der Waals surface area (Å²) in [4.78, 5) is 25.3. The van der Waals surface area contributed by atoms with Crippen LogP contribution in [0.2, 0.25) is 0 Å². The molecule has 3 unspecified atom stereocenters. The van der Waals surface area contributed by atoms with Crippen molar-refractivity contribution in [2.75, 3.05) is 6.61 Å². The molecule has 0 radical (unpaired) electrons. The average molecular weight is 401 g/mol. The molecule has 29 heavy (non-hydrogen) atoms. The van der Waals surface area contributed by atoms with Gasteiger partial charge in [0.15, 0.2) is 17.9 Å². The summed E-state index contributed by atoms with van der Waals surface area (Å²) >= 11 is 0. The number of ether oxygens (including phenoxy) is 1. The number of aliphatic hydroxyl groups excluding tert-OH is 1. The van der Waals surface area contributed by atoms with Gasteiger partial charge in [-0.1, -0.05) is 44.9 Å². The quantitative estimate of drug-likeness (QED) is 0.553. The van der Waals surface area contributed by atoms with Crippen LogP contribution < -0.4 is 0 Å². The standard InChI is InChI=1S/C25H36O4/c1-15-12-21-19-7-6-17-13-18(27)8-10-23(17,3)20(19)9-11-24(21,4)25(15,5)22(28)14-29-16(2)26/h9,13,15-16,19,21,26H,6-8,10-12,14H2,1-5H3/t15-,16?,19?,21?,23+,24+,25-/m1/s1. The summed E-state index contributed by atoms with van der Waals surface area (Å²) in [5.41, 5.74) is 2.35. The Balaban J connectivity index is 1.69. The van der Waals surface area contributed by atoms with Gasteiger partial charge in [0.05, 0.1) is 0 Å². The van der Waals surface area contributed by atoms with E-state index in [0.717, 1.165) is 32.1 Å². The third-order valence-electron chi connectivity index (χ3n) is 9.54. The van der Waals surface area contributed by atoms with Crippen molar-refractivity contribution in [1.29, 1.82) is 0 Å². The van der Waals surface area contributed by atoms with Crippen LogP contribution in [-0.4, -0.2) is 29.6 Å². The summed E-state index contributed by atoms with van der Waals surface area (Å²) in [5.74, 6) is 1.67. The lowest BCUT2D eigenvalue weighted by molar-refractivity contribution is -0.154. The van der Waals surface area contributed by atoms with Gasteiger partial charge in [0.1, 0.15) is 6.61 Å². The first-order valence-electron chi connectivity index (χ1n) is 11.3. The minimum Gasteiger partial charge on any atom is -0.368 e. The van der Waals surface area contributed by atoms with Crippen LogP contribution in [-0.2, 0) is 14.3 Å². The Hall–Kier alpha value is -1.26. The van der Waals surface area contributed by atoms with Gasteiger partial charge in [-0.25, -0.2) is 0 Å². The summed E-state index contributed by atoms with van der Waals surface area (Å²) in [6.45, 7) is 10.5. The number of hydrogen-bond donors (Lipinski definition) is 1. The second-order valence-electron chi connectivity index (χ2n) is 10.7. The second-order valence-corrected chi connectivity index (χ2v) is 10.7. The van der Waals surface area contributed by atoms with E-state index in [4.69, 9.17) is 4.74 Å². The third-order valence-corrected chi connectivity index (χ3v) is 9.54. The van der Waals surface area contributed by atoms with Gasteiger partial charge in [0.25, 0.3) is 0 Å². The fraction of sp³-hybridized carbons (Fsp3) is 0.760. The Morgan fingerprint density at radius 2 is 2.03 bits per heavy atom. The maximum atomic E-state index is 13.3. The molecule has 0 aromatic rings. The molecule has 4 heteroatoms. The highest BCUT2D eigenvalue weighted by Crippen LogP contribution is 2.69. The van der Waals surface area contributed by atoms with Gasteiger partial charge in [0.2, 0.25) is 0 Å². The third kappa shape index (κ3) is 2.85. The van der Waals surface area contributed by atoms with Crippen LogP contribution in [0.15, 0.2) is 23.3 Å². The molecule has 0 spiro atoms. The molecule has 1 N–H and O–H groups in total. The minimum absolute atomic E-state index is 0.0191. The highest BCUT2D eigenvalue weighted by atomic mass is 16.6. The zero-order valence-corrected chi connectivity index (χ0v) is 18.6. The van der Waals surface area contributed by atoms with E-state index in [-0.39, 0.29) is 34.9 Å². The molecule has 0 amide bonds. The van der Waals surface area contributed by atoms with Crippen LogP contribution in [0, 0.1) is 34.0 Å². The maximum Gasteiger partial charge on any atom is 0.165 e. The number of ketones is 2. The number of Topliss-reactive ketones (excluding diaryl/α,β-unsaturated/α-hetero) is 1. The van der Waals surface area contributed by atoms with Gasteiger partial charge in [-0.3, -0.25) is 9.59 Å². The molecule has 4 aliphatic rings. The van der Waals surface area contributed by atoms with E-state index in [2.05, 4.69) is 33.8 Å². The van der Waals surface area contributed by atoms with Gasteiger partial charge < -0.3 is 9.84 Å². The molecule has 160 valence electrons. The summed E-state index contributed by atoms with van der Waals surface area (Å²) in [5, 5.41) is 9.49. The van der Waals surface area contributed by atoms with Crippen molar-refractivity contribution in [3.63, 3.8) is 0 Å². The summed E-state index contributed by atoms with van der Waals surface area (Å²) < 4.78 is 5.31. The largest absolute Gasteiger partial charge is 0.368 e. The molecule has 4 nitrogen and oxygen atoms in total. The van der Waals surface area contributed by atoms with Crippen LogP contribution in [0.1, 0.15) is 73.1 Å². The number of aliphatic hydroxyl groups is 1. The molecule has 0 saturated heterocycles.